The molecule has 4 nitrogen and oxygen atoms in total. The molecule has 2 aromatic rings. The van der Waals surface area contributed by atoms with E-state index in [1.165, 1.54) is 4.68 Å². The Hall–Kier alpha value is -2.30. The first-order valence-electron chi connectivity index (χ1n) is 6.94. The molecule has 114 valence electrons. The molecular weight excluding hydrogens is 335 g/mol. The van der Waals surface area contributed by atoms with Crippen LogP contribution in [0.25, 0.3) is 27.9 Å². The van der Waals surface area contributed by atoms with Crippen LogP contribution in [-0.4, -0.2) is 9.78 Å². The standard InChI is InChI=1S/C17H10Cl2N2O2/c18-9-14-15-16(12-3-1-2-4-13(12)23-14)20-21(17(15)22)11-7-5-10(19)6-8-11/h1-8H,9H2. The molecule has 23 heavy (non-hydrogen) atoms. The van der Waals surface area contributed by atoms with Crippen LogP contribution < -0.4 is 5.56 Å². The minimum atomic E-state index is -0.257. The van der Waals surface area contributed by atoms with E-state index in [0.717, 1.165) is 5.39 Å². The van der Waals surface area contributed by atoms with Gasteiger partial charge in [-0.1, -0.05) is 23.7 Å². The number of rotatable bonds is 2. The molecule has 0 bridgehead atoms. The molecule has 4 rings (SSSR count). The first-order chi connectivity index (χ1) is 11.2. The van der Waals surface area contributed by atoms with E-state index in [0.29, 0.717) is 33.3 Å². The number of fused-ring (bicyclic) bond motifs is 3. The normalized spacial score (nSPS) is 11.4. The van der Waals surface area contributed by atoms with Crippen LogP contribution >= 0.6 is 23.2 Å². The molecule has 2 aliphatic heterocycles. The van der Waals surface area contributed by atoms with Crippen molar-refractivity contribution in [3.05, 3.63) is 69.7 Å². The molecular formula is C17H10Cl2N2O2. The van der Waals surface area contributed by atoms with Gasteiger partial charge < -0.3 is 4.42 Å². The Kier molecular flexibility index (Phi) is 3.36. The van der Waals surface area contributed by atoms with Gasteiger partial charge in [0.1, 0.15) is 22.6 Å². The van der Waals surface area contributed by atoms with Gasteiger partial charge in [0.05, 0.1) is 11.6 Å². The van der Waals surface area contributed by atoms with Gasteiger partial charge in [-0.3, -0.25) is 4.79 Å². The van der Waals surface area contributed by atoms with Crippen LogP contribution in [0.5, 0.6) is 0 Å². The van der Waals surface area contributed by atoms with Crippen molar-refractivity contribution in [2.45, 2.75) is 5.88 Å². The number of hydrogen-bond donors (Lipinski definition) is 0. The monoisotopic (exact) mass is 344 g/mol. The van der Waals surface area contributed by atoms with Gasteiger partial charge in [0.25, 0.3) is 5.56 Å². The SMILES string of the molecule is O=c1c2c(CCl)oc3ccccc3c-2nn1-c1ccc(Cl)cc1. The molecule has 6 heteroatoms. The fraction of sp³-hybridized carbons (Fsp3) is 0.0588. The minimum Gasteiger partial charge on any atom is -0.459 e. The first kappa shape index (κ1) is 14.3. The molecule has 0 saturated heterocycles. The molecule has 2 aliphatic rings. The largest absolute Gasteiger partial charge is 0.459 e. The second-order valence-corrected chi connectivity index (χ2v) is 5.78. The lowest BCUT2D eigenvalue weighted by Gasteiger charge is -2.05. The summed E-state index contributed by atoms with van der Waals surface area (Å²) in [4.78, 5) is 12.8. The predicted octanol–water partition coefficient (Wildman–Crippen LogP) is 4.48. The van der Waals surface area contributed by atoms with Crippen LogP contribution in [0.1, 0.15) is 5.76 Å². The number of halogens is 2. The fourth-order valence-electron chi connectivity index (χ4n) is 2.63. The third-order valence-electron chi connectivity index (χ3n) is 3.69. The topological polar surface area (TPSA) is 48.0 Å². The van der Waals surface area contributed by atoms with Crippen LogP contribution in [0.2, 0.25) is 5.02 Å². The van der Waals surface area contributed by atoms with Gasteiger partial charge in [0.15, 0.2) is 0 Å². The second-order valence-electron chi connectivity index (χ2n) is 5.07. The molecule has 0 fully saturated rings. The Morgan fingerprint density at radius 2 is 1.83 bits per heavy atom. The summed E-state index contributed by atoms with van der Waals surface area (Å²) in [6.07, 6.45) is 0. The highest BCUT2D eigenvalue weighted by molar-refractivity contribution is 6.30. The van der Waals surface area contributed by atoms with Crippen LogP contribution in [-0.2, 0) is 5.88 Å². The molecule has 2 aromatic carbocycles. The molecule has 0 amide bonds. The number of hydrogen-bond acceptors (Lipinski definition) is 3. The Labute approximate surface area is 141 Å². The zero-order chi connectivity index (χ0) is 16.0. The Morgan fingerprint density at radius 1 is 1.09 bits per heavy atom. The number of alkyl halides is 1. The van der Waals surface area contributed by atoms with E-state index in [1.54, 1.807) is 24.3 Å². The van der Waals surface area contributed by atoms with E-state index in [1.807, 2.05) is 24.3 Å². The molecule has 0 unspecified atom stereocenters. The summed E-state index contributed by atoms with van der Waals surface area (Å²) in [6.45, 7) is 0. The highest BCUT2D eigenvalue weighted by Gasteiger charge is 2.24. The van der Waals surface area contributed by atoms with Crippen LogP contribution in [0.3, 0.4) is 0 Å². The predicted molar refractivity (Wildman–Crippen MR) is 90.8 cm³/mol. The highest BCUT2D eigenvalue weighted by atomic mass is 35.5. The van der Waals surface area contributed by atoms with Gasteiger partial charge in [0, 0.05) is 10.4 Å². The molecule has 0 saturated carbocycles. The maximum Gasteiger partial charge on any atom is 0.284 e. The Morgan fingerprint density at radius 3 is 2.57 bits per heavy atom. The van der Waals surface area contributed by atoms with Crippen molar-refractivity contribution >= 4 is 34.2 Å². The summed E-state index contributed by atoms with van der Waals surface area (Å²) in [6, 6.07) is 14.4. The lowest BCUT2D eigenvalue weighted by molar-refractivity contribution is 0.562. The number of para-hydroxylation sites is 1. The van der Waals surface area contributed by atoms with Crippen LogP contribution in [0, 0.1) is 0 Å². The van der Waals surface area contributed by atoms with Gasteiger partial charge in [-0.05, 0) is 36.4 Å². The fourth-order valence-corrected chi connectivity index (χ4v) is 2.94. The van der Waals surface area contributed by atoms with E-state index in [-0.39, 0.29) is 11.4 Å². The van der Waals surface area contributed by atoms with E-state index in [9.17, 15) is 4.79 Å². The lowest BCUT2D eigenvalue weighted by atomic mass is 10.1. The summed E-state index contributed by atoms with van der Waals surface area (Å²) in [5, 5.41) is 5.87. The summed E-state index contributed by atoms with van der Waals surface area (Å²) in [7, 11) is 0. The first-order valence-corrected chi connectivity index (χ1v) is 7.85. The number of benzene rings is 2. The number of nitrogens with zero attached hydrogens (tertiary/aromatic N) is 2. The second kappa shape index (κ2) is 5.41. The quantitative estimate of drug-likeness (QED) is 0.504. The zero-order valence-corrected chi connectivity index (χ0v) is 13.3. The molecule has 0 radical (unpaired) electrons. The van der Waals surface area contributed by atoms with Crippen molar-refractivity contribution in [1.29, 1.82) is 0 Å². The molecule has 0 N–H and O–H groups in total. The van der Waals surface area contributed by atoms with Crippen molar-refractivity contribution in [2.75, 3.05) is 0 Å². The summed E-state index contributed by atoms with van der Waals surface area (Å²) in [5.41, 5.74) is 2.03. The summed E-state index contributed by atoms with van der Waals surface area (Å²) in [5.74, 6) is 0.522. The smallest absolute Gasteiger partial charge is 0.284 e. The van der Waals surface area contributed by atoms with Crippen molar-refractivity contribution in [2.24, 2.45) is 0 Å². The summed E-state index contributed by atoms with van der Waals surface area (Å²) < 4.78 is 7.11. The maximum atomic E-state index is 12.8. The molecule has 2 heterocycles. The van der Waals surface area contributed by atoms with Gasteiger partial charge in [-0.15, -0.1) is 11.6 Å². The molecule has 0 atom stereocenters. The minimum absolute atomic E-state index is 0.100. The third kappa shape index (κ3) is 2.22. The van der Waals surface area contributed by atoms with Crippen LogP contribution in [0.15, 0.2) is 57.7 Å². The maximum absolute atomic E-state index is 12.8. The van der Waals surface area contributed by atoms with Crippen LogP contribution in [0.4, 0.5) is 0 Å². The van der Waals surface area contributed by atoms with E-state index >= 15 is 0 Å². The average molecular weight is 345 g/mol. The summed E-state index contributed by atoms with van der Waals surface area (Å²) >= 11 is 11.9. The van der Waals surface area contributed by atoms with Crippen molar-refractivity contribution in [3.8, 4) is 16.9 Å². The van der Waals surface area contributed by atoms with E-state index in [2.05, 4.69) is 5.10 Å². The highest BCUT2D eigenvalue weighted by Crippen LogP contribution is 2.32. The third-order valence-corrected chi connectivity index (χ3v) is 4.18. The Balaban J connectivity index is 2.10. The van der Waals surface area contributed by atoms with Gasteiger partial charge in [-0.25, -0.2) is 0 Å². The number of aromatic nitrogens is 2. The Bertz CT molecular complexity index is 1030. The van der Waals surface area contributed by atoms with Gasteiger partial charge in [-0.2, -0.15) is 9.78 Å². The van der Waals surface area contributed by atoms with Gasteiger partial charge in [0.2, 0.25) is 0 Å². The molecule has 0 aliphatic carbocycles. The van der Waals surface area contributed by atoms with Crippen molar-refractivity contribution in [3.63, 3.8) is 0 Å². The van der Waals surface area contributed by atoms with E-state index < -0.39 is 0 Å². The van der Waals surface area contributed by atoms with Crippen molar-refractivity contribution < 1.29 is 4.42 Å². The van der Waals surface area contributed by atoms with E-state index in [4.69, 9.17) is 27.6 Å². The van der Waals surface area contributed by atoms with Crippen molar-refractivity contribution in [1.82, 2.24) is 9.78 Å². The van der Waals surface area contributed by atoms with Gasteiger partial charge >= 0.3 is 0 Å². The molecule has 0 aromatic heterocycles. The zero-order valence-electron chi connectivity index (χ0n) is 11.8. The molecule has 0 spiro atoms. The lowest BCUT2D eigenvalue weighted by Crippen LogP contribution is -2.15. The average Bonchev–Trinajstić information content (AvgIpc) is 2.93.